The molecule has 0 bridgehead atoms. The lowest BCUT2D eigenvalue weighted by Crippen LogP contribution is -2.36. The predicted octanol–water partition coefficient (Wildman–Crippen LogP) is -1.15. The molecule has 0 amide bonds. The highest BCUT2D eigenvalue weighted by atomic mass is 16.3. The highest BCUT2D eigenvalue weighted by Gasteiger charge is 2.07. The van der Waals surface area contributed by atoms with Crippen molar-refractivity contribution in [3.8, 4) is 0 Å². The van der Waals surface area contributed by atoms with Gasteiger partial charge in [0.15, 0.2) is 12.0 Å². The molecule has 36 valence electrons. The van der Waals surface area contributed by atoms with Crippen molar-refractivity contribution in [2.45, 2.75) is 12.6 Å². The molecule has 0 heterocycles. The molecular weight excluding hydrogens is 82.0 g/mol. The van der Waals surface area contributed by atoms with Crippen LogP contribution in [0.3, 0.4) is 0 Å². The lowest BCUT2D eigenvalue weighted by atomic mass is 10.3. The van der Waals surface area contributed by atoms with E-state index in [0.29, 0.717) is 0 Å². The molecule has 0 spiro atoms. The lowest BCUT2D eigenvalue weighted by molar-refractivity contribution is -0.121. The van der Waals surface area contributed by atoms with Crippen molar-refractivity contribution in [1.82, 2.24) is 0 Å². The largest absolute Gasteiger partial charge is 0.369 e. The van der Waals surface area contributed by atoms with Crippen LogP contribution in [0.15, 0.2) is 0 Å². The lowest BCUT2D eigenvalue weighted by Gasteiger charge is -2.03. The number of hydrogen-bond donors (Lipinski definition) is 2. The van der Waals surface area contributed by atoms with Gasteiger partial charge in [0.05, 0.1) is 0 Å². The third-order valence-corrected chi connectivity index (χ3v) is 0.239. The highest BCUT2D eigenvalue weighted by molar-refractivity contribution is 5.59. The molecule has 0 saturated heterocycles. The molecule has 3 heteroatoms. The molecule has 3 nitrogen and oxygen atoms in total. The highest BCUT2D eigenvalue weighted by Crippen LogP contribution is 1.79. The average molecular weight is 89.1 g/mol. The minimum absolute atomic E-state index is 0.271. The molecule has 1 unspecified atom stereocenters. The van der Waals surface area contributed by atoms with Crippen LogP contribution in [0, 0.1) is 0 Å². The summed E-state index contributed by atoms with van der Waals surface area (Å²) in [4.78, 5) is 9.45. The van der Waals surface area contributed by atoms with E-state index >= 15 is 0 Å². The third-order valence-electron chi connectivity index (χ3n) is 0.239. The molecule has 0 aliphatic rings. The summed E-state index contributed by atoms with van der Waals surface area (Å²) in [6.07, 6.45) is 0.271. The van der Waals surface area contributed by atoms with E-state index in [4.69, 9.17) is 10.8 Å². The van der Waals surface area contributed by atoms with Crippen LogP contribution in [-0.4, -0.2) is 17.1 Å². The summed E-state index contributed by atoms with van der Waals surface area (Å²) in [5.74, 6) is 0. The Morgan fingerprint density at radius 1 is 2.00 bits per heavy atom. The normalized spacial score (nSPS) is 19.2. The number of carbonyl (C=O) groups is 1. The number of aliphatic hydroxyl groups is 1. The molecule has 0 aromatic heterocycles. The smallest absolute Gasteiger partial charge is 0.167 e. The van der Waals surface area contributed by atoms with Crippen LogP contribution in [0.2, 0.25) is 0 Å². The Morgan fingerprint density at radius 3 is 2.17 bits per heavy atom. The monoisotopic (exact) mass is 89.0 g/mol. The van der Waals surface area contributed by atoms with E-state index in [1.807, 2.05) is 0 Å². The molecule has 3 N–H and O–H groups in total. The van der Waals surface area contributed by atoms with Crippen LogP contribution in [0.4, 0.5) is 0 Å². The van der Waals surface area contributed by atoms with Gasteiger partial charge in [0.25, 0.3) is 0 Å². The maximum atomic E-state index is 9.45. The van der Waals surface area contributed by atoms with Crippen LogP contribution in [-0.2, 0) is 4.79 Å². The first-order valence-corrected chi connectivity index (χ1v) is 1.54. The van der Waals surface area contributed by atoms with Crippen molar-refractivity contribution in [1.29, 1.82) is 0 Å². The Bertz CT molecular complexity index is 54.3. The zero-order valence-corrected chi connectivity index (χ0v) is 3.51. The van der Waals surface area contributed by atoms with E-state index in [2.05, 4.69) is 0 Å². The summed E-state index contributed by atoms with van der Waals surface area (Å²) in [6, 6.07) is 0. The molecule has 0 radical (unpaired) electrons. The first-order valence-electron chi connectivity index (χ1n) is 1.54. The van der Waals surface area contributed by atoms with E-state index in [-0.39, 0.29) is 6.29 Å². The van der Waals surface area contributed by atoms with Gasteiger partial charge in [-0.3, -0.25) is 10.5 Å². The predicted molar refractivity (Wildman–Crippen MR) is 20.9 cm³/mol. The molecule has 6 heavy (non-hydrogen) atoms. The molecule has 0 saturated carbocycles. The molecule has 1 atom stereocenters. The molecule has 0 rings (SSSR count). The fourth-order valence-electron chi connectivity index (χ4n) is 0. The van der Waals surface area contributed by atoms with Crippen molar-refractivity contribution in [2.75, 3.05) is 0 Å². The summed E-state index contributed by atoms with van der Waals surface area (Å²) in [5, 5.41) is 8.24. The zero-order chi connectivity index (χ0) is 5.21. The minimum Gasteiger partial charge on any atom is -0.369 e. The Morgan fingerprint density at radius 2 is 2.17 bits per heavy atom. The fourth-order valence-corrected chi connectivity index (χ4v) is 0. The molecule has 0 aliphatic heterocycles. The fraction of sp³-hybridized carbons (Fsp3) is 0.667. The maximum absolute atomic E-state index is 9.45. The first kappa shape index (κ1) is 5.59. The molecule has 0 aliphatic carbocycles. The van der Waals surface area contributed by atoms with Crippen molar-refractivity contribution in [2.24, 2.45) is 5.73 Å². The van der Waals surface area contributed by atoms with Crippen LogP contribution in [0.25, 0.3) is 0 Å². The average Bonchev–Trinajstić information content (AvgIpc) is 1.35. The van der Waals surface area contributed by atoms with Gasteiger partial charge >= 0.3 is 0 Å². The van der Waals surface area contributed by atoms with Crippen molar-refractivity contribution >= 4 is 6.29 Å². The van der Waals surface area contributed by atoms with E-state index in [9.17, 15) is 4.79 Å². The van der Waals surface area contributed by atoms with Gasteiger partial charge in [0, 0.05) is 0 Å². The van der Waals surface area contributed by atoms with Gasteiger partial charge in [-0.2, -0.15) is 0 Å². The standard InChI is InChI=1S/C3H7NO2/c1-3(4,6)2-5/h2,6H,4H2,1H3. The van der Waals surface area contributed by atoms with Crippen LogP contribution >= 0.6 is 0 Å². The van der Waals surface area contributed by atoms with Crippen LogP contribution < -0.4 is 5.73 Å². The quantitative estimate of drug-likeness (QED) is 0.315. The molecular formula is C3H7NO2. The van der Waals surface area contributed by atoms with Gasteiger partial charge in [-0.05, 0) is 6.92 Å². The number of nitrogens with two attached hydrogens (primary N) is 1. The van der Waals surface area contributed by atoms with Crippen molar-refractivity contribution in [3.05, 3.63) is 0 Å². The summed E-state index contributed by atoms with van der Waals surface area (Å²) in [7, 11) is 0. The second-order valence-electron chi connectivity index (χ2n) is 1.34. The number of rotatable bonds is 1. The minimum atomic E-state index is -1.64. The van der Waals surface area contributed by atoms with Gasteiger partial charge in [0.1, 0.15) is 0 Å². The Kier molecular flexibility index (Phi) is 1.27. The molecule has 0 aromatic carbocycles. The summed E-state index contributed by atoms with van der Waals surface area (Å²) in [6.45, 7) is 1.21. The summed E-state index contributed by atoms with van der Waals surface area (Å²) in [5.41, 5.74) is 3.08. The van der Waals surface area contributed by atoms with Gasteiger partial charge in [-0.15, -0.1) is 0 Å². The third kappa shape index (κ3) is 3.59. The number of hydrogen-bond acceptors (Lipinski definition) is 3. The molecule has 0 fully saturated rings. The summed E-state index contributed by atoms with van der Waals surface area (Å²) >= 11 is 0. The second-order valence-corrected chi connectivity index (χ2v) is 1.34. The Labute approximate surface area is 35.8 Å². The second kappa shape index (κ2) is 1.36. The maximum Gasteiger partial charge on any atom is 0.167 e. The zero-order valence-electron chi connectivity index (χ0n) is 3.51. The van der Waals surface area contributed by atoms with Gasteiger partial charge in [0.2, 0.25) is 0 Å². The van der Waals surface area contributed by atoms with Gasteiger partial charge in [-0.25, -0.2) is 0 Å². The van der Waals surface area contributed by atoms with E-state index < -0.39 is 5.72 Å². The van der Waals surface area contributed by atoms with Crippen molar-refractivity contribution < 1.29 is 9.90 Å². The number of aldehydes is 1. The first-order chi connectivity index (χ1) is 2.56. The van der Waals surface area contributed by atoms with E-state index in [1.165, 1.54) is 6.92 Å². The van der Waals surface area contributed by atoms with Gasteiger partial charge < -0.3 is 5.11 Å². The Balaban J connectivity index is 3.45. The number of carbonyl (C=O) groups excluding carboxylic acids is 1. The van der Waals surface area contributed by atoms with Crippen LogP contribution in [0.1, 0.15) is 6.92 Å². The topological polar surface area (TPSA) is 63.3 Å². The van der Waals surface area contributed by atoms with E-state index in [0.717, 1.165) is 0 Å². The van der Waals surface area contributed by atoms with Gasteiger partial charge in [-0.1, -0.05) is 0 Å². The molecule has 0 aromatic rings. The van der Waals surface area contributed by atoms with E-state index in [1.54, 1.807) is 0 Å². The van der Waals surface area contributed by atoms with Crippen LogP contribution in [0.5, 0.6) is 0 Å². The Hall–Kier alpha value is -0.410. The SMILES string of the molecule is CC(N)(O)C=O. The van der Waals surface area contributed by atoms with Crippen molar-refractivity contribution in [3.63, 3.8) is 0 Å². The summed E-state index contributed by atoms with van der Waals surface area (Å²) < 4.78 is 0.